The number of aryl methyl sites for hydroxylation is 1. The van der Waals surface area contributed by atoms with Crippen LogP contribution in [-0.2, 0) is 11.4 Å². The summed E-state index contributed by atoms with van der Waals surface area (Å²) in [4.78, 5) is 17.1. The summed E-state index contributed by atoms with van der Waals surface area (Å²) in [5, 5.41) is 9.76. The summed E-state index contributed by atoms with van der Waals surface area (Å²) in [6.45, 7) is 5.00. The van der Waals surface area contributed by atoms with Crippen LogP contribution >= 0.6 is 15.9 Å². The number of halogens is 1. The summed E-state index contributed by atoms with van der Waals surface area (Å²) < 4.78 is 12.3. The average Bonchev–Trinajstić information content (AvgIpc) is 2.91. The maximum absolute atomic E-state index is 13.1. The number of ether oxygens (including phenoxy) is 2. The Kier molecular flexibility index (Phi) is 8.29. The molecular weight excluding hydrogens is 518 g/mol. The number of hydrogen-bond donors (Lipinski definition) is 0. The number of rotatable bonds is 7. The van der Waals surface area contributed by atoms with Crippen LogP contribution in [0.3, 0.4) is 0 Å². The third kappa shape index (κ3) is 6.07. The molecule has 0 saturated carbocycles. The predicted molar refractivity (Wildman–Crippen MR) is 145 cm³/mol. The number of nitriles is 1. The minimum Gasteiger partial charge on any atom is -0.493 e. The number of para-hydroxylation sites is 1. The Hall–Kier alpha value is -3.76. The standard InChI is InChI=1S/C29H28BrN3O3/c1-21-7-6-8-22(15-21)20-36-28-26(30)17-23(18-27(28)35-2)16-24(19-31)29(34)33-13-11-32(12-14-33)25-9-4-3-5-10-25/h3-10,15-18H,11-14,20H2,1-2H3/b24-16-. The zero-order valence-corrected chi connectivity index (χ0v) is 22.0. The first kappa shape index (κ1) is 25.3. The highest BCUT2D eigenvalue weighted by Crippen LogP contribution is 2.38. The molecule has 0 unspecified atom stereocenters. The van der Waals surface area contributed by atoms with Crippen LogP contribution in [0.25, 0.3) is 6.08 Å². The summed E-state index contributed by atoms with van der Waals surface area (Å²) in [7, 11) is 1.57. The van der Waals surface area contributed by atoms with Crippen LogP contribution in [-0.4, -0.2) is 44.1 Å². The molecule has 0 bridgehead atoms. The maximum Gasteiger partial charge on any atom is 0.264 e. The van der Waals surface area contributed by atoms with E-state index in [4.69, 9.17) is 9.47 Å². The van der Waals surface area contributed by atoms with E-state index in [0.717, 1.165) is 29.9 Å². The van der Waals surface area contributed by atoms with Crippen LogP contribution in [0.15, 0.2) is 76.8 Å². The molecule has 1 fully saturated rings. The third-order valence-electron chi connectivity index (χ3n) is 6.07. The topological polar surface area (TPSA) is 65.8 Å². The molecule has 1 aliphatic rings. The van der Waals surface area contributed by atoms with Crippen molar-refractivity contribution in [1.29, 1.82) is 5.26 Å². The van der Waals surface area contributed by atoms with Crippen molar-refractivity contribution in [3.05, 3.63) is 93.5 Å². The molecule has 3 aromatic carbocycles. The van der Waals surface area contributed by atoms with Crippen molar-refractivity contribution in [2.24, 2.45) is 0 Å². The first-order chi connectivity index (χ1) is 17.5. The Morgan fingerprint density at radius 3 is 2.47 bits per heavy atom. The number of piperazine rings is 1. The highest BCUT2D eigenvalue weighted by molar-refractivity contribution is 9.10. The van der Waals surface area contributed by atoms with Gasteiger partial charge in [-0.2, -0.15) is 5.26 Å². The Morgan fingerprint density at radius 1 is 1.06 bits per heavy atom. The van der Waals surface area contributed by atoms with Crippen molar-refractivity contribution in [1.82, 2.24) is 4.90 Å². The molecule has 0 radical (unpaired) electrons. The highest BCUT2D eigenvalue weighted by Gasteiger charge is 2.24. The molecule has 0 N–H and O–H groups in total. The van der Waals surface area contributed by atoms with Gasteiger partial charge in [-0.1, -0.05) is 48.0 Å². The third-order valence-corrected chi connectivity index (χ3v) is 6.66. The van der Waals surface area contributed by atoms with Gasteiger partial charge in [0.15, 0.2) is 11.5 Å². The summed E-state index contributed by atoms with van der Waals surface area (Å²) in [5.41, 5.74) is 4.12. The van der Waals surface area contributed by atoms with Crippen LogP contribution < -0.4 is 14.4 Å². The van der Waals surface area contributed by atoms with E-state index in [1.165, 1.54) is 0 Å². The molecule has 1 amide bonds. The van der Waals surface area contributed by atoms with Gasteiger partial charge < -0.3 is 19.3 Å². The number of anilines is 1. The molecule has 7 heteroatoms. The molecule has 0 aliphatic carbocycles. The number of hydrogen-bond acceptors (Lipinski definition) is 5. The molecular formula is C29H28BrN3O3. The molecule has 4 rings (SSSR count). The van der Waals surface area contributed by atoms with Gasteiger partial charge in [-0.25, -0.2) is 0 Å². The van der Waals surface area contributed by atoms with Gasteiger partial charge in [-0.3, -0.25) is 4.79 Å². The molecule has 1 aliphatic heterocycles. The van der Waals surface area contributed by atoms with E-state index in [2.05, 4.69) is 45.1 Å². The number of amides is 1. The Morgan fingerprint density at radius 2 is 1.81 bits per heavy atom. The predicted octanol–water partition coefficient (Wildman–Crippen LogP) is 5.60. The van der Waals surface area contributed by atoms with Crippen LogP contribution in [0.5, 0.6) is 11.5 Å². The summed E-state index contributed by atoms with van der Waals surface area (Å²) in [6, 6.07) is 23.9. The lowest BCUT2D eigenvalue weighted by Crippen LogP contribution is -2.49. The molecule has 1 saturated heterocycles. The zero-order chi connectivity index (χ0) is 25.5. The monoisotopic (exact) mass is 545 g/mol. The van der Waals surface area contributed by atoms with E-state index in [0.29, 0.717) is 41.2 Å². The van der Waals surface area contributed by atoms with Gasteiger partial charge in [-0.05, 0) is 64.3 Å². The Labute approximate surface area is 220 Å². The van der Waals surface area contributed by atoms with Crippen LogP contribution in [0.4, 0.5) is 5.69 Å². The fraction of sp³-hybridized carbons (Fsp3) is 0.241. The second-order valence-electron chi connectivity index (χ2n) is 8.60. The average molecular weight is 546 g/mol. The smallest absolute Gasteiger partial charge is 0.264 e. The number of benzene rings is 3. The lowest BCUT2D eigenvalue weighted by Gasteiger charge is -2.36. The summed E-state index contributed by atoms with van der Waals surface area (Å²) in [5.74, 6) is 0.822. The van der Waals surface area contributed by atoms with Crippen molar-refractivity contribution in [2.45, 2.75) is 13.5 Å². The molecule has 3 aromatic rings. The molecule has 184 valence electrons. The SMILES string of the molecule is COc1cc(/C=C(/C#N)C(=O)N2CCN(c3ccccc3)CC2)cc(Br)c1OCc1cccc(C)c1. The van der Waals surface area contributed by atoms with Crippen molar-refractivity contribution in [3.8, 4) is 17.6 Å². The molecule has 1 heterocycles. The summed E-state index contributed by atoms with van der Waals surface area (Å²) in [6.07, 6.45) is 1.60. The molecule has 6 nitrogen and oxygen atoms in total. The van der Waals surface area contributed by atoms with Gasteiger partial charge in [0.1, 0.15) is 18.2 Å². The normalized spacial score (nSPS) is 13.8. The van der Waals surface area contributed by atoms with E-state index >= 15 is 0 Å². The van der Waals surface area contributed by atoms with E-state index in [1.54, 1.807) is 24.2 Å². The van der Waals surface area contributed by atoms with Gasteiger partial charge in [0.05, 0.1) is 11.6 Å². The van der Waals surface area contributed by atoms with Crippen molar-refractivity contribution >= 4 is 33.6 Å². The lowest BCUT2D eigenvalue weighted by atomic mass is 10.1. The second-order valence-corrected chi connectivity index (χ2v) is 9.45. The van der Waals surface area contributed by atoms with Crippen LogP contribution in [0.1, 0.15) is 16.7 Å². The summed E-state index contributed by atoms with van der Waals surface area (Å²) >= 11 is 3.56. The minimum atomic E-state index is -0.264. The van der Waals surface area contributed by atoms with Gasteiger partial charge in [0, 0.05) is 31.9 Å². The fourth-order valence-corrected chi connectivity index (χ4v) is 4.78. The lowest BCUT2D eigenvalue weighted by molar-refractivity contribution is -0.126. The number of methoxy groups -OCH3 is 1. The Balaban J connectivity index is 1.47. The van der Waals surface area contributed by atoms with Crippen LogP contribution in [0.2, 0.25) is 0 Å². The van der Waals surface area contributed by atoms with Gasteiger partial charge in [0.2, 0.25) is 0 Å². The highest BCUT2D eigenvalue weighted by atomic mass is 79.9. The second kappa shape index (κ2) is 11.8. The Bertz CT molecular complexity index is 1290. The van der Waals surface area contributed by atoms with Crippen molar-refractivity contribution < 1.29 is 14.3 Å². The van der Waals surface area contributed by atoms with E-state index < -0.39 is 0 Å². The maximum atomic E-state index is 13.1. The van der Waals surface area contributed by atoms with Crippen LogP contribution in [0, 0.1) is 18.3 Å². The van der Waals surface area contributed by atoms with Gasteiger partial charge in [-0.15, -0.1) is 0 Å². The van der Waals surface area contributed by atoms with Crippen molar-refractivity contribution in [3.63, 3.8) is 0 Å². The molecule has 36 heavy (non-hydrogen) atoms. The molecule has 0 aromatic heterocycles. The number of carbonyl (C=O) groups is 1. The van der Waals surface area contributed by atoms with Gasteiger partial charge in [0.25, 0.3) is 5.91 Å². The van der Waals surface area contributed by atoms with E-state index in [-0.39, 0.29) is 11.5 Å². The van der Waals surface area contributed by atoms with Gasteiger partial charge >= 0.3 is 0 Å². The quantitative estimate of drug-likeness (QED) is 0.285. The van der Waals surface area contributed by atoms with Crippen molar-refractivity contribution in [2.75, 3.05) is 38.2 Å². The zero-order valence-electron chi connectivity index (χ0n) is 20.4. The van der Waals surface area contributed by atoms with E-state index in [1.807, 2.05) is 49.4 Å². The molecule has 0 spiro atoms. The largest absolute Gasteiger partial charge is 0.493 e. The molecule has 0 atom stereocenters. The first-order valence-corrected chi connectivity index (χ1v) is 12.5. The van der Waals surface area contributed by atoms with E-state index in [9.17, 15) is 10.1 Å². The first-order valence-electron chi connectivity index (χ1n) is 11.8. The fourth-order valence-electron chi connectivity index (χ4n) is 4.21. The number of carbonyl (C=O) groups excluding carboxylic acids is 1. The minimum absolute atomic E-state index is 0.0885. The number of nitrogens with zero attached hydrogens (tertiary/aromatic N) is 3.